The molecule has 8 heteroatoms. The van der Waals surface area contributed by atoms with E-state index < -0.39 is 0 Å². The Labute approximate surface area is 179 Å². The molecule has 0 aliphatic carbocycles. The first kappa shape index (κ1) is 21.3. The number of anilines is 2. The lowest BCUT2D eigenvalue weighted by Gasteiger charge is -2.35. The van der Waals surface area contributed by atoms with E-state index in [4.69, 9.17) is 4.74 Å². The molecule has 154 valence electrons. The number of hydrogen-bond acceptors (Lipinski definition) is 5. The SMILES string of the molecule is COc1ccccc1NC(=O)C(C)N1CCCC(C(=O)Nc2ccc(Br)cn2)C1. The molecule has 2 heterocycles. The van der Waals surface area contributed by atoms with Crippen molar-refractivity contribution in [1.82, 2.24) is 9.88 Å². The van der Waals surface area contributed by atoms with Crippen molar-refractivity contribution in [2.24, 2.45) is 5.92 Å². The largest absolute Gasteiger partial charge is 0.495 e. The number of halogens is 1. The molecule has 3 rings (SSSR count). The summed E-state index contributed by atoms with van der Waals surface area (Å²) in [7, 11) is 1.57. The second-order valence-corrected chi connectivity index (χ2v) is 7.97. The number of para-hydroxylation sites is 2. The summed E-state index contributed by atoms with van der Waals surface area (Å²) >= 11 is 3.33. The molecule has 0 radical (unpaired) electrons. The van der Waals surface area contributed by atoms with Gasteiger partial charge in [-0.15, -0.1) is 0 Å². The molecule has 0 saturated carbocycles. The highest BCUT2D eigenvalue weighted by Gasteiger charge is 2.31. The van der Waals surface area contributed by atoms with E-state index in [1.807, 2.05) is 30.0 Å². The van der Waals surface area contributed by atoms with E-state index in [1.54, 1.807) is 31.5 Å². The molecule has 2 unspecified atom stereocenters. The zero-order valence-electron chi connectivity index (χ0n) is 16.5. The molecule has 1 aliphatic rings. The number of methoxy groups -OCH3 is 1. The van der Waals surface area contributed by atoms with E-state index in [-0.39, 0.29) is 23.8 Å². The number of likely N-dealkylation sites (tertiary alicyclic amines) is 1. The van der Waals surface area contributed by atoms with Crippen molar-refractivity contribution in [3.8, 4) is 5.75 Å². The van der Waals surface area contributed by atoms with Gasteiger partial charge in [-0.1, -0.05) is 12.1 Å². The van der Waals surface area contributed by atoms with Crippen molar-refractivity contribution in [2.75, 3.05) is 30.8 Å². The summed E-state index contributed by atoms with van der Waals surface area (Å²) in [6, 6.07) is 10.5. The van der Waals surface area contributed by atoms with Crippen LogP contribution in [0, 0.1) is 5.92 Å². The molecule has 29 heavy (non-hydrogen) atoms. The molecule has 0 spiro atoms. The lowest BCUT2D eigenvalue weighted by Crippen LogP contribution is -2.49. The van der Waals surface area contributed by atoms with Gasteiger partial charge in [0.1, 0.15) is 11.6 Å². The molecule has 2 aromatic rings. The standard InChI is InChI=1S/C21H25BrN4O3/c1-14(20(27)24-17-7-3-4-8-18(17)29-2)26-11-5-6-15(13-26)21(28)25-19-10-9-16(22)12-23-19/h3-4,7-10,12,14-15H,5-6,11,13H2,1-2H3,(H,24,27)(H,23,25,28). The van der Waals surface area contributed by atoms with Crippen LogP contribution in [0.25, 0.3) is 0 Å². The average Bonchev–Trinajstić information content (AvgIpc) is 2.75. The van der Waals surface area contributed by atoms with Gasteiger partial charge in [-0.05, 0) is 66.5 Å². The molecule has 7 nitrogen and oxygen atoms in total. The van der Waals surface area contributed by atoms with Crippen LogP contribution < -0.4 is 15.4 Å². The lowest BCUT2D eigenvalue weighted by atomic mass is 9.96. The number of nitrogens with one attached hydrogen (secondary N) is 2. The van der Waals surface area contributed by atoms with Crippen LogP contribution in [0.1, 0.15) is 19.8 Å². The second kappa shape index (κ2) is 9.84. The van der Waals surface area contributed by atoms with E-state index >= 15 is 0 Å². The maximum absolute atomic E-state index is 12.8. The number of carbonyl (C=O) groups is 2. The van der Waals surface area contributed by atoms with Gasteiger partial charge in [0, 0.05) is 17.2 Å². The Kier molecular flexibility index (Phi) is 7.22. The Hall–Kier alpha value is -2.45. The van der Waals surface area contributed by atoms with Crippen LogP contribution in [0.15, 0.2) is 47.1 Å². The van der Waals surface area contributed by atoms with E-state index in [0.717, 1.165) is 23.9 Å². The van der Waals surface area contributed by atoms with Crippen molar-refractivity contribution in [3.05, 3.63) is 47.1 Å². The minimum absolute atomic E-state index is 0.0677. The lowest BCUT2D eigenvalue weighted by molar-refractivity contribution is -0.125. The van der Waals surface area contributed by atoms with Crippen LogP contribution in [0.3, 0.4) is 0 Å². The number of carbonyl (C=O) groups excluding carboxylic acids is 2. The predicted octanol–water partition coefficient (Wildman–Crippen LogP) is 3.53. The number of amides is 2. The van der Waals surface area contributed by atoms with E-state index in [0.29, 0.717) is 23.8 Å². The molecule has 1 aromatic heterocycles. The van der Waals surface area contributed by atoms with E-state index in [1.165, 1.54) is 0 Å². The van der Waals surface area contributed by atoms with Crippen molar-refractivity contribution in [1.29, 1.82) is 0 Å². The smallest absolute Gasteiger partial charge is 0.241 e. The maximum Gasteiger partial charge on any atom is 0.241 e. The van der Waals surface area contributed by atoms with Gasteiger partial charge in [-0.2, -0.15) is 0 Å². The summed E-state index contributed by atoms with van der Waals surface area (Å²) in [5.41, 5.74) is 0.638. The first-order chi connectivity index (χ1) is 14.0. The van der Waals surface area contributed by atoms with Crippen LogP contribution in [-0.2, 0) is 9.59 Å². The third-order valence-corrected chi connectivity index (χ3v) is 5.56. The molecular weight excluding hydrogens is 436 g/mol. The first-order valence-corrected chi connectivity index (χ1v) is 10.4. The minimum atomic E-state index is -0.360. The highest BCUT2D eigenvalue weighted by molar-refractivity contribution is 9.10. The number of hydrogen-bond donors (Lipinski definition) is 2. The first-order valence-electron chi connectivity index (χ1n) is 9.58. The van der Waals surface area contributed by atoms with Crippen molar-refractivity contribution < 1.29 is 14.3 Å². The number of benzene rings is 1. The highest BCUT2D eigenvalue weighted by atomic mass is 79.9. The normalized spacial score (nSPS) is 18.0. The number of aromatic nitrogens is 1. The number of rotatable bonds is 6. The quantitative estimate of drug-likeness (QED) is 0.688. The van der Waals surface area contributed by atoms with Crippen molar-refractivity contribution in [2.45, 2.75) is 25.8 Å². The number of piperidine rings is 1. The zero-order chi connectivity index (χ0) is 20.8. The van der Waals surface area contributed by atoms with Crippen LogP contribution in [0.2, 0.25) is 0 Å². The minimum Gasteiger partial charge on any atom is -0.495 e. The molecule has 0 bridgehead atoms. The molecule has 1 fully saturated rings. The topological polar surface area (TPSA) is 83.6 Å². The Morgan fingerprint density at radius 2 is 2.03 bits per heavy atom. The van der Waals surface area contributed by atoms with Gasteiger partial charge in [0.25, 0.3) is 0 Å². The Morgan fingerprint density at radius 1 is 1.24 bits per heavy atom. The molecular formula is C21H25BrN4O3. The summed E-state index contributed by atoms with van der Waals surface area (Å²) in [6.07, 6.45) is 3.30. The molecule has 2 N–H and O–H groups in total. The number of pyridine rings is 1. The Bertz CT molecular complexity index is 859. The van der Waals surface area contributed by atoms with Gasteiger partial charge in [-0.25, -0.2) is 4.98 Å². The predicted molar refractivity (Wildman–Crippen MR) is 116 cm³/mol. The van der Waals surface area contributed by atoms with Gasteiger partial charge in [-0.3, -0.25) is 14.5 Å². The van der Waals surface area contributed by atoms with Gasteiger partial charge in [0.2, 0.25) is 11.8 Å². The van der Waals surface area contributed by atoms with Gasteiger partial charge >= 0.3 is 0 Å². The molecule has 1 saturated heterocycles. The summed E-state index contributed by atoms with van der Waals surface area (Å²) < 4.78 is 6.15. The Balaban J connectivity index is 1.59. The molecule has 2 amide bonds. The number of ether oxygens (including phenoxy) is 1. The Morgan fingerprint density at radius 3 is 2.76 bits per heavy atom. The third kappa shape index (κ3) is 5.55. The fourth-order valence-corrected chi connectivity index (χ4v) is 3.64. The van der Waals surface area contributed by atoms with E-state index in [9.17, 15) is 9.59 Å². The molecule has 1 aliphatic heterocycles. The summed E-state index contributed by atoms with van der Waals surface area (Å²) in [6.45, 7) is 3.17. The zero-order valence-corrected chi connectivity index (χ0v) is 18.1. The highest BCUT2D eigenvalue weighted by Crippen LogP contribution is 2.25. The van der Waals surface area contributed by atoms with Gasteiger partial charge in [0.15, 0.2) is 0 Å². The fraction of sp³-hybridized carbons (Fsp3) is 0.381. The van der Waals surface area contributed by atoms with Crippen molar-refractivity contribution in [3.63, 3.8) is 0 Å². The number of nitrogens with zero attached hydrogens (tertiary/aromatic N) is 2. The average molecular weight is 461 g/mol. The van der Waals surface area contributed by atoms with E-state index in [2.05, 4.69) is 31.5 Å². The summed E-state index contributed by atoms with van der Waals surface area (Å²) in [4.78, 5) is 31.7. The van der Waals surface area contributed by atoms with Crippen molar-refractivity contribution >= 4 is 39.2 Å². The monoisotopic (exact) mass is 460 g/mol. The second-order valence-electron chi connectivity index (χ2n) is 7.05. The summed E-state index contributed by atoms with van der Waals surface area (Å²) in [5.74, 6) is 0.769. The van der Waals surface area contributed by atoms with Gasteiger partial charge < -0.3 is 15.4 Å². The van der Waals surface area contributed by atoms with Crippen LogP contribution >= 0.6 is 15.9 Å². The molecule has 2 atom stereocenters. The van der Waals surface area contributed by atoms with Gasteiger partial charge in [0.05, 0.1) is 24.8 Å². The van der Waals surface area contributed by atoms with Crippen LogP contribution in [0.5, 0.6) is 5.75 Å². The summed E-state index contributed by atoms with van der Waals surface area (Å²) in [5, 5.41) is 5.79. The van der Waals surface area contributed by atoms with Crippen LogP contribution in [0.4, 0.5) is 11.5 Å². The molecule has 1 aromatic carbocycles. The van der Waals surface area contributed by atoms with Crippen LogP contribution in [-0.4, -0.2) is 47.9 Å². The maximum atomic E-state index is 12.8. The fourth-order valence-electron chi connectivity index (χ4n) is 3.40. The third-order valence-electron chi connectivity index (χ3n) is 5.09.